The van der Waals surface area contributed by atoms with Crippen molar-refractivity contribution < 1.29 is 4.43 Å². The van der Waals surface area contributed by atoms with Gasteiger partial charge in [-0.3, -0.25) is 0 Å². The Morgan fingerprint density at radius 3 is 2.71 bits per heavy atom. The zero-order valence-electron chi connectivity index (χ0n) is 8.58. The van der Waals surface area contributed by atoms with Crippen molar-refractivity contribution in [2.24, 2.45) is 0 Å². The van der Waals surface area contributed by atoms with E-state index in [4.69, 9.17) is 4.43 Å². The van der Waals surface area contributed by atoms with Gasteiger partial charge in [0.1, 0.15) is 10.5 Å². The lowest BCUT2D eigenvalue weighted by molar-refractivity contribution is 0.339. The zero-order valence-corrected chi connectivity index (χ0v) is 10.6. The Labute approximate surface area is 87.3 Å². The van der Waals surface area contributed by atoms with Crippen LogP contribution in [0.5, 0.6) is 0 Å². The lowest BCUT2D eigenvalue weighted by Crippen LogP contribution is -1.93. The highest BCUT2D eigenvalue weighted by molar-refractivity contribution is 5.98. The second kappa shape index (κ2) is 3.94. The molecular weight excluding hydrogens is 188 g/mol. The molecule has 0 spiro atoms. The minimum atomic E-state index is 0.749. The molecule has 72 valence electrons. The Morgan fingerprint density at radius 2 is 1.93 bits per heavy atom. The fraction of sp³-hybridized carbons (Fsp3) is 0.167. The summed E-state index contributed by atoms with van der Waals surface area (Å²) in [7, 11) is 0.798. The molecule has 0 aliphatic carbocycles. The number of rotatable bonds is 2. The number of hydrogen-bond donors (Lipinski definition) is 0. The lowest BCUT2D eigenvalue weighted by Gasteiger charge is -2.09. The van der Waals surface area contributed by atoms with Crippen LogP contribution in [-0.4, -0.2) is 10.5 Å². The van der Waals surface area contributed by atoms with Crippen molar-refractivity contribution in [2.75, 3.05) is 0 Å². The molecular formula is C12H14OSi. The van der Waals surface area contributed by atoms with Crippen LogP contribution in [0.3, 0.4) is 0 Å². The van der Waals surface area contributed by atoms with Crippen LogP contribution in [0.4, 0.5) is 0 Å². The van der Waals surface area contributed by atoms with Gasteiger partial charge in [0.2, 0.25) is 0 Å². The average Bonchev–Trinajstić information content (AvgIpc) is 2.23. The van der Waals surface area contributed by atoms with Crippen molar-refractivity contribution in [3.8, 4) is 0 Å². The van der Waals surface area contributed by atoms with Crippen LogP contribution in [0.15, 0.2) is 36.4 Å². The molecule has 0 fully saturated rings. The van der Waals surface area contributed by atoms with Gasteiger partial charge >= 0.3 is 0 Å². The molecule has 0 heterocycles. The van der Waals surface area contributed by atoms with Crippen molar-refractivity contribution in [2.45, 2.75) is 13.5 Å². The van der Waals surface area contributed by atoms with Crippen LogP contribution in [0.25, 0.3) is 10.8 Å². The van der Waals surface area contributed by atoms with Crippen LogP contribution in [0.2, 0.25) is 0 Å². The first kappa shape index (κ1) is 9.43. The normalized spacial score (nSPS) is 10.9. The fourth-order valence-corrected chi connectivity index (χ4v) is 2.07. The number of aryl methyl sites for hydroxylation is 1. The summed E-state index contributed by atoms with van der Waals surface area (Å²) in [6.45, 7) is 2.89. The first-order chi connectivity index (χ1) is 6.83. The van der Waals surface area contributed by atoms with E-state index >= 15 is 0 Å². The van der Waals surface area contributed by atoms with Gasteiger partial charge < -0.3 is 4.43 Å². The van der Waals surface area contributed by atoms with Crippen LogP contribution in [0, 0.1) is 6.92 Å². The summed E-state index contributed by atoms with van der Waals surface area (Å²) in [5.74, 6) is 0. The Balaban J connectivity index is 2.69. The first-order valence-corrected chi connectivity index (χ1v) is 5.61. The van der Waals surface area contributed by atoms with Gasteiger partial charge in [-0.05, 0) is 28.8 Å². The third-order valence-electron chi connectivity index (χ3n) is 2.56. The minimum absolute atomic E-state index is 0.749. The Morgan fingerprint density at radius 1 is 1.14 bits per heavy atom. The van der Waals surface area contributed by atoms with Crippen LogP contribution >= 0.6 is 0 Å². The maximum Gasteiger partial charge on any atom is 0.146 e. The van der Waals surface area contributed by atoms with E-state index < -0.39 is 0 Å². The predicted octanol–water partition coefficient (Wildman–Crippen LogP) is 1.95. The van der Waals surface area contributed by atoms with Crippen molar-refractivity contribution in [3.63, 3.8) is 0 Å². The first-order valence-electron chi connectivity index (χ1n) is 4.79. The topological polar surface area (TPSA) is 9.23 Å². The average molecular weight is 202 g/mol. The second-order valence-corrected chi connectivity index (χ2v) is 4.09. The smallest absolute Gasteiger partial charge is 0.146 e. The Bertz CT molecular complexity index is 451. The molecule has 0 aliphatic heterocycles. The summed E-state index contributed by atoms with van der Waals surface area (Å²) in [6.07, 6.45) is 0. The monoisotopic (exact) mass is 202 g/mol. The maximum absolute atomic E-state index is 5.36. The maximum atomic E-state index is 5.36. The molecule has 0 unspecified atom stereocenters. The predicted molar refractivity (Wildman–Crippen MR) is 63.4 cm³/mol. The number of benzene rings is 2. The molecule has 0 atom stereocenters. The third kappa shape index (κ3) is 1.58. The molecule has 0 aromatic heterocycles. The van der Waals surface area contributed by atoms with E-state index in [2.05, 4.69) is 43.3 Å². The summed E-state index contributed by atoms with van der Waals surface area (Å²) in [6, 6.07) is 12.8. The standard InChI is InChI=1S/C12H14OSi/c1-9-6-7-10-4-2-3-5-11(10)12(9)8-13-14/h2-7H,8H2,1,14H3. The third-order valence-corrected chi connectivity index (χ3v) is 2.85. The van der Waals surface area contributed by atoms with Gasteiger partial charge in [-0.15, -0.1) is 0 Å². The zero-order chi connectivity index (χ0) is 9.97. The summed E-state index contributed by atoms with van der Waals surface area (Å²) >= 11 is 0. The molecule has 0 saturated carbocycles. The molecule has 14 heavy (non-hydrogen) atoms. The second-order valence-electron chi connectivity index (χ2n) is 3.52. The van der Waals surface area contributed by atoms with Gasteiger partial charge in [-0.25, -0.2) is 0 Å². The van der Waals surface area contributed by atoms with E-state index in [1.807, 2.05) is 0 Å². The van der Waals surface area contributed by atoms with Crippen molar-refractivity contribution in [1.82, 2.24) is 0 Å². The van der Waals surface area contributed by atoms with Gasteiger partial charge in [0.15, 0.2) is 0 Å². The minimum Gasteiger partial charge on any atom is -0.424 e. The van der Waals surface area contributed by atoms with Crippen LogP contribution in [0.1, 0.15) is 11.1 Å². The highest BCUT2D eigenvalue weighted by Gasteiger charge is 2.02. The van der Waals surface area contributed by atoms with Crippen molar-refractivity contribution in [3.05, 3.63) is 47.5 Å². The quantitative estimate of drug-likeness (QED) is 0.676. The van der Waals surface area contributed by atoms with Gasteiger partial charge in [0.25, 0.3) is 0 Å². The van der Waals surface area contributed by atoms with E-state index in [9.17, 15) is 0 Å². The Hall–Kier alpha value is -1.12. The lowest BCUT2D eigenvalue weighted by atomic mass is 10.0. The fourth-order valence-electron chi connectivity index (χ4n) is 1.78. The van der Waals surface area contributed by atoms with E-state index in [0.29, 0.717) is 0 Å². The number of fused-ring (bicyclic) bond motifs is 1. The van der Waals surface area contributed by atoms with Gasteiger partial charge in [-0.1, -0.05) is 36.4 Å². The molecule has 0 bridgehead atoms. The Kier molecular flexibility index (Phi) is 2.66. The SMILES string of the molecule is Cc1ccc2ccccc2c1CO[SiH3]. The molecule has 2 aromatic carbocycles. The van der Waals surface area contributed by atoms with Crippen LogP contribution < -0.4 is 0 Å². The molecule has 0 amide bonds. The molecule has 0 aliphatic rings. The van der Waals surface area contributed by atoms with E-state index in [1.54, 1.807) is 0 Å². The number of hydrogen-bond acceptors (Lipinski definition) is 1. The van der Waals surface area contributed by atoms with E-state index in [1.165, 1.54) is 21.9 Å². The highest BCUT2D eigenvalue weighted by Crippen LogP contribution is 2.22. The molecule has 0 radical (unpaired) electrons. The van der Waals surface area contributed by atoms with Crippen molar-refractivity contribution in [1.29, 1.82) is 0 Å². The largest absolute Gasteiger partial charge is 0.424 e. The summed E-state index contributed by atoms with van der Waals surface area (Å²) in [5.41, 5.74) is 2.65. The molecule has 2 rings (SSSR count). The van der Waals surface area contributed by atoms with E-state index in [0.717, 1.165) is 17.1 Å². The van der Waals surface area contributed by atoms with Crippen LogP contribution in [-0.2, 0) is 11.0 Å². The summed E-state index contributed by atoms with van der Waals surface area (Å²) < 4.78 is 5.36. The molecule has 1 nitrogen and oxygen atoms in total. The highest BCUT2D eigenvalue weighted by atomic mass is 28.2. The molecule has 0 saturated heterocycles. The molecule has 2 heteroatoms. The molecule has 2 aromatic rings. The summed E-state index contributed by atoms with van der Waals surface area (Å²) in [4.78, 5) is 0. The van der Waals surface area contributed by atoms with E-state index in [-0.39, 0.29) is 0 Å². The molecule has 0 N–H and O–H groups in total. The van der Waals surface area contributed by atoms with Gasteiger partial charge in [0, 0.05) is 0 Å². The summed E-state index contributed by atoms with van der Waals surface area (Å²) in [5, 5.41) is 2.62. The van der Waals surface area contributed by atoms with Crippen molar-refractivity contribution >= 4 is 21.3 Å². The van der Waals surface area contributed by atoms with Gasteiger partial charge in [-0.2, -0.15) is 0 Å². The van der Waals surface area contributed by atoms with Gasteiger partial charge in [0.05, 0.1) is 6.61 Å².